The Kier molecular flexibility index (Phi) is 4.03. The first-order valence-electron chi connectivity index (χ1n) is 6.51. The zero-order chi connectivity index (χ0) is 14.7. The number of nitrogens with one attached hydrogen (secondary N) is 1. The number of benzene rings is 1. The van der Waals surface area contributed by atoms with Crippen LogP contribution in [-0.2, 0) is 0 Å². The molecule has 0 aliphatic rings. The van der Waals surface area contributed by atoms with Gasteiger partial charge in [-0.05, 0) is 43.2 Å². The summed E-state index contributed by atoms with van der Waals surface area (Å²) in [7, 11) is 3.57. The van der Waals surface area contributed by atoms with Crippen molar-refractivity contribution in [2.24, 2.45) is 0 Å². The molecule has 0 aliphatic carbocycles. The van der Waals surface area contributed by atoms with Gasteiger partial charge in [-0.2, -0.15) is 0 Å². The topological polar surface area (TPSA) is 45.2 Å². The molecule has 2 aromatic rings. The molecule has 20 heavy (non-hydrogen) atoms. The molecular formula is C16H19N3O. The van der Waals surface area contributed by atoms with E-state index in [4.69, 9.17) is 0 Å². The van der Waals surface area contributed by atoms with Crippen molar-refractivity contribution in [1.82, 2.24) is 4.98 Å². The van der Waals surface area contributed by atoms with Crippen molar-refractivity contribution in [1.29, 1.82) is 0 Å². The fourth-order valence-electron chi connectivity index (χ4n) is 2.22. The summed E-state index contributed by atoms with van der Waals surface area (Å²) < 4.78 is 0. The van der Waals surface area contributed by atoms with Crippen LogP contribution in [0.1, 0.15) is 21.5 Å². The first kappa shape index (κ1) is 14.1. The van der Waals surface area contributed by atoms with Gasteiger partial charge in [-0.3, -0.25) is 9.78 Å². The van der Waals surface area contributed by atoms with Gasteiger partial charge in [-0.1, -0.05) is 6.07 Å². The van der Waals surface area contributed by atoms with E-state index < -0.39 is 0 Å². The molecule has 4 nitrogen and oxygen atoms in total. The predicted octanol–water partition coefficient (Wildman–Crippen LogP) is 3.02. The van der Waals surface area contributed by atoms with Gasteiger partial charge in [0.25, 0.3) is 5.91 Å². The normalized spacial score (nSPS) is 10.2. The zero-order valence-electron chi connectivity index (χ0n) is 12.3. The number of nitrogens with zero attached hydrogens (tertiary/aromatic N) is 2. The molecule has 0 unspecified atom stereocenters. The molecule has 4 heteroatoms. The fourth-order valence-corrected chi connectivity index (χ4v) is 2.22. The van der Waals surface area contributed by atoms with Crippen LogP contribution < -0.4 is 10.2 Å². The summed E-state index contributed by atoms with van der Waals surface area (Å²) in [5.74, 6) is -0.0539. The summed E-state index contributed by atoms with van der Waals surface area (Å²) in [6.45, 7) is 4.06. The Hall–Kier alpha value is -2.36. The molecule has 104 valence electrons. The number of pyridine rings is 1. The molecule has 2 rings (SSSR count). The van der Waals surface area contributed by atoms with E-state index in [1.165, 1.54) is 0 Å². The van der Waals surface area contributed by atoms with Crippen LogP contribution in [-0.4, -0.2) is 25.0 Å². The summed E-state index contributed by atoms with van der Waals surface area (Å²) in [5, 5.41) is 3.00. The molecule has 0 atom stereocenters. The lowest BCUT2D eigenvalue weighted by Crippen LogP contribution is -2.27. The number of aromatic nitrogens is 1. The third-order valence-corrected chi connectivity index (χ3v) is 3.22. The highest BCUT2D eigenvalue weighted by atomic mass is 16.2. The van der Waals surface area contributed by atoms with Gasteiger partial charge in [-0.15, -0.1) is 0 Å². The maximum Gasteiger partial charge on any atom is 0.260 e. The van der Waals surface area contributed by atoms with E-state index in [0.29, 0.717) is 5.56 Å². The highest BCUT2D eigenvalue weighted by Gasteiger charge is 2.17. The minimum atomic E-state index is -0.0539. The molecule has 1 aromatic heterocycles. The first-order chi connectivity index (χ1) is 9.52. The Balaban J connectivity index is 2.37. The van der Waals surface area contributed by atoms with E-state index in [-0.39, 0.29) is 5.91 Å². The van der Waals surface area contributed by atoms with E-state index >= 15 is 0 Å². The number of amides is 1. The van der Waals surface area contributed by atoms with Crippen molar-refractivity contribution in [2.45, 2.75) is 13.8 Å². The summed E-state index contributed by atoms with van der Waals surface area (Å²) >= 11 is 0. The Morgan fingerprint density at radius 1 is 1.20 bits per heavy atom. The third-order valence-electron chi connectivity index (χ3n) is 3.22. The van der Waals surface area contributed by atoms with Crippen molar-refractivity contribution in [3.63, 3.8) is 0 Å². The number of hydrogen-bond donors (Lipinski definition) is 1. The monoisotopic (exact) mass is 269 g/mol. The molecule has 1 heterocycles. The minimum Gasteiger partial charge on any atom is -0.386 e. The average Bonchev–Trinajstić information content (AvgIpc) is 2.44. The molecule has 0 radical (unpaired) electrons. The second-order valence-corrected chi connectivity index (χ2v) is 4.88. The maximum absolute atomic E-state index is 12.6. The Labute approximate surface area is 119 Å². The molecule has 1 N–H and O–H groups in total. The Morgan fingerprint density at radius 2 is 1.85 bits per heavy atom. The first-order valence-corrected chi connectivity index (χ1v) is 6.51. The second-order valence-electron chi connectivity index (χ2n) is 4.88. The van der Waals surface area contributed by atoms with Crippen molar-refractivity contribution in [2.75, 3.05) is 24.3 Å². The SMILES string of the molecule is CNc1cnccc1C(=O)N(C)c1cc(C)cc(C)c1. The second kappa shape index (κ2) is 5.74. The average molecular weight is 269 g/mol. The van der Waals surface area contributed by atoms with Gasteiger partial charge in [0.1, 0.15) is 0 Å². The third kappa shape index (κ3) is 2.79. The smallest absolute Gasteiger partial charge is 0.260 e. The van der Waals surface area contributed by atoms with E-state index in [1.54, 1.807) is 37.5 Å². The van der Waals surface area contributed by atoms with Crippen LogP contribution in [0.25, 0.3) is 0 Å². The number of rotatable bonds is 3. The summed E-state index contributed by atoms with van der Waals surface area (Å²) in [6.07, 6.45) is 3.28. The molecule has 0 fully saturated rings. The van der Waals surface area contributed by atoms with Crippen molar-refractivity contribution < 1.29 is 4.79 Å². The predicted molar refractivity (Wildman–Crippen MR) is 82.4 cm³/mol. The zero-order valence-corrected chi connectivity index (χ0v) is 12.3. The van der Waals surface area contributed by atoms with E-state index in [2.05, 4.69) is 16.4 Å². The molecule has 1 amide bonds. The van der Waals surface area contributed by atoms with Crippen LogP contribution in [0.15, 0.2) is 36.7 Å². The molecule has 0 saturated carbocycles. The fraction of sp³-hybridized carbons (Fsp3) is 0.250. The van der Waals surface area contributed by atoms with Gasteiger partial charge in [0.2, 0.25) is 0 Å². The summed E-state index contributed by atoms with van der Waals surface area (Å²) in [5.41, 5.74) is 4.52. The minimum absolute atomic E-state index is 0.0539. The molecule has 1 aromatic carbocycles. The van der Waals surface area contributed by atoms with Crippen molar-refractivity contribution >= 4 is 17.3 Å². The van der Waals surface area contributed by atoms with Crippen molar-refractivity contribution in [3.05, 3.63) is 53.3 Å². The molecule has 0 spiro atoms. The summed E-state index contributed by atoms with van der Waals surface area (Å²) in [6, 6.07) is 7.83. The quantitative estimate of drug-likeness (QED) is 0.931. The van der Waals surface area contributed by atoms with E-state index in [9.17, 15) is 4.79 Å². The van der Waals surface area contributed by atoms with Gasteiger partial charge in [0, 0.05) is 26.0 Å². The number of anilines is 2. The highest BCUT2D eigenvalue weighted by Crippen LogP contribution is 2.22. The Morgan fingerprint density at radius 3 is 2.45 bits per heavy atom. The number of carbonyl (C=O) groups is 1. The van der Waals surface area contributed by atoms with Crippen LogP contribution in [0, 0.1) is 13.8 Å². The molecular weight excluding hydrogens is 250 g/mol. The summed E-state index contributed by atoms with van der Waals surface area (Å²) in [4.78, 5) is 18.3. The van der Waals surface area contributed by atoms with Crippen LogP contribution in [0.4, 0.5) is 11.4 Å². The highest BCUT2D eigenvalue weighted by molar-refractivity contribution is 6.09. The standard InChI is InChI=1S/C16H19N3O/c1-11-7-12(2)9-13(8-11)19(4)16(20)14-5-6-18-10-15(14)17-3/h5-10,17H,1-4H3. The Bertz CT molecular complexity index is 617. The number of carbonyl (C=O) groups excluding carboxylic acids is 1. The van der Waals surface area contributed by atoms with Crippen molar-refractivity contribution in [3.8, 4) is 0 Å². The van der Waals surface area contributed by atoms with Gasteiger partial charge in [0.05, 0.1) is 17.4 Å². The number of aryl methyl sites for hydroxylation is 2. The van der Waals surface area contributed by atoms with Gasteiger partial charge < -0.3 is 10.2 Å². The lowest BCUT2D eigenvalue weighted by molar-refractivity contribution is 0.0993. The van der Waals surface area contributed by atoms with Crippen LogP contribution in [0.5, 0.6) is 0 Å². The van der Waals surface area contributed by atoms with Gasteiger partial charge in [0.15, 0.2) is 0 Å². The molecule has 0 bridgehead atoms. The maximum atomic E-state index is 12.6. The lowest BCUT2D eigenvalue weighted by atomic mass is 10.1. The lowest BCUT2D eigenvalue weighted by Gasteiger charge is -2.20. The molecule has 0 aliphatic heterocycles. The van der Waals surface area contributed by atoms with Crippen LogP contribution in [0.2, 0.25) is 0 Å². The van der Waals surface area contributed by atoms with Gasteiger partial charge >= 0.3 is 0 Å². The van der Waals surface area contributed by atoms with Crippen LogP contribution >= 0.6 is 0 Å². The molecule has 0 saturated heterocycles. The van der Waals surface area contributed by atoms with Crippen LogP contribution in [0.3, 0.4) is 0 Å². The van der Waals surface area contributed by atoms with E-state index in [0.717, 1.165) is 22.5 Å². The van der Waals surface area contributed by atoms with Gasteiger partial charge in [-0.25, -0.2) is 0 Å². The number of hydrogen-bond acceptors (Lipinski definition) is 3. The van der Waals surface area contributed by atoms with E-state index in [1.807, 2.05) is 26.0 Å². The largest absolute Gasteiger partial charge is 0.386 e.